The monoisotopic (exact) mass is 1510 g/mol. The summed E-state index contributed by atoms with van der Waals surface area (Å²) in [5, 5.41) is 10.7. The average Bonchev–Trinajstić information content (AvgIpc) is 0.917. The molecule has 0 spiro atoms. The first kappa shape index (κ1) is 101. The molecule has 0 radical (unpaired) electrons. The van der Waals surface area contributed by atoms with Crippen molar-refractivity contribution in [3.8, 4) is 0 Å². The number of hydrogen-bond acceptors (Lipinski definition) is 15. The molecule has 0 aliphatic heterocycles. The summed E-state index contributed by atoms with van der Waals surface area (Å²) in [6.45, 7) is 12.0. The van der Waals surface area contributed by atoms with Crippen molar-refractivity contribution in [3.05, 3.63) is 0 Å². The van der Waals surface area contributed by atoms with Gasteiger partial charge in [0.1, 0.15) is 19.3 Å². The zero-order chi connectivity index (χ0) is 75.8. The zero-order valence-corrected chi connectivity index (χ0v) is 69.6. The summed E-state index contributed by atoms with van der Waals surface area (Å²) < 4.78 is 68.9. The summed E-state index contributed by atoms with van der Waals surface area (Å²) in [4.78, 5) is 73.2. The van der Waals surface area contributed by atoms with Crippen LogP contribution in [0.4, 0.5) is 0 Å². The van der Waals surface area contributed by atoms with Crippen LogP contribution in [-0.2, 0) is 65.4 Å². The molecule has 0 aromatic heterocycles. The van der Waals surface area contributed by atoms with Crippen LogP contribution in [0.3, 0.4) is 0 Å². The van der Waals surface area contributed by atoms with Gasteiger partial charge < -0.3 is 33.8 Å². The summed E-state index contributed by atoms with van der Waals surface area (Å²) in [6.07, 6.45) is 63.8. The smallest absolute Gasteiger partial charge is 0.462 e. The van der Waals surface area contributed by atoms with Gasteiger partial charge in [0.25, 0.3) is 0 Å². The Bertz CT molecular complexity index is 1990. The molecular formula is C84H164O17P2. The minimum Gasteiger partial charge on any atom is -0.462 e. The molecule has 0 bridgehead atoms. The largest absolute Gasteiger partial charge is 0.472 e. The molecule has 0 rings (SSSR count). The van der Waals surface area contributed by atoms with Crippen molar-refractivity contribution in [3.63, 3.8) is 0 Å². The average molecular weight is 1510 g/mol. The second kappa shape index (κ2) is 74.2. The summed E-state index contributed by atoms with van der Waals surface area (Å²) in [7, 11) is -9.93. The van der Waals surface area contributed by atoms with E-state index in [2.05, 4.69) is 48.5 Å². The number of carbonyl (C=O) groups excluding carboxylic acids is 4. The highest BCUT2D eigenvalue weighted by Gasteiger charge is 2.30. The van der Waals surface area contributed by atoms with Crippen LogP contribution in [0.25, 0.3) is 0 Å². The molecule has 0 aromatic carbocycles. The predicted molar refractivity (Wildman–Crippen MR) is 423 cm³/mol. The highest BCUT2D eigenvalue weighted by atomic mass is 31.2. The predicted octanol–water partition coefficient (Wildman–Crippen LogP) is 25.3. The molecule has 0 amide bonds. The summed E-state index contributed by atoms with van der Waals surface area (Å²) in [6, 6.07) is 0. The quantitative estimate of drug-likeness (QED) is 0.0222. The Hall–Kier alpha value is -1.94. The number of rotatable bonds is 82. The SMILES string of the molecule is CCCCCCCCCCCCCCCCCCCCC(=O)O[C@H](COC(=O)CCCCCCCCCCCCCCCCC(C)C)COP(=O)(O)OC[C@@H](O)COP(=O)(O)OC[C@@H](COC(=O)CCCCCCCCCCC(C)C)OC(=O)CCCCCCCCCCCCCCCCC(C)C. The molecule has 0 aliphatic rings. The maximum atomic E-state index is 13.1. The Balaban J connectivity index is 5.25. The molecule has 0 aromatic rings. The molecule has 19 heteroatoms. The minimum atomic E-state index is -4.96. The van der Waals surface area contributed by atoms with Gasteiger partial charge in [0.2, 0.25) is 0 Å². The van der Waals surface area contributed by atoms with Crippen LogP contribution in [0.1, 0.15) is 440 Å². The normalized spacial score (nSPS) is 13.9. The van der Waals surface area contributed by atoms with E-state index in [1.165, 1.54) is 250 Å². The lowest BCUT2D eigenvalue weighted by molar-refractivity contribution is -0.161. The highest BCUT2D eigenvalue weighted by molar-refractivity contribution is 7.47. The van der Waals surface area contributed by atoms with Crippen molar-refractivity contribution in [2.24, 2.45) is 17.8 Å². The van der Waals surface area contributed by atoms with Crippen molar-refractivity contribution in [2.75, 3.05) is 39.6 Å². The third-order valence-corrected chi connectivity index (χ3v) is 21.5. The third kappa shape index (κ3) is 78.0. The van der Waals surface area contributed by atoms with Crippen LogP contribution in [0.15, 0.2) is 0 Å². The van der Waals surface area contributed by atoms with E-state index < -0.39 is 97.5 Å². The number of aliphatic hydroxyl groups is 1. The Morgan fingerprint density at radius 2 is 0.447 bits per heavy atom. The third-order valence-electron chi connectivity index (χ3n) is 19.6. The number of carbonyl (C=O) groups is 4. The first-order valence-corrected chi connectivity index (χ1v) is 46.3. The first-order chi connectivity index (χ1) is 49.7. The Labute approximate surface area is 632 Å². The van der Waals surface area contributed by atoms with Gasteiger partial charge in [-0.1, -0.05) is 389 Å². The Kier molecular flexibility index (Phi) is 72.8. The molecule has 17 nitrogen and oxygen atoms in total. The van der Waals surface area contributed by atoms with Crippen molar-refractivity contribution in [1.29, 1.82) is 0 Å². The molecule has 0 heterocycles. The maximum absolute atomic E-state index is 13.1. The number of phosphoric acid groups is 2. The second-order valence-electron chi connectivity index (χ2n) is 31.6. The first-order valence-electron chi connectivity index (χ1n) is 43.3. The van der Waals surface area contributed by atoms with Crippen LogP contribution in [0.2, 0.25) is 0 Å². The van der Waals surface area contributed by atoms with Gasteiger partial charge in [-0.3, -0.25) is 37.3 Å². The second-order valence-corrected chi connectivity index (χ2v) is 34.6. The van der Waals surface area contributed by atoms with E-state index in [1.54, 1.807) is 0 Å². The van der Waals surface area contributed by atoms with Gasteiger partial charge in [0.05, 0.1) is 26.4 Å². The van der Waals surface area contributed by atoms with E-state index in [1.807, 2.05) is 0 Å². The molecule has 3 N–H and O–H groups in total. The van der Waals surface area contributed by atoms with Crippen LogP contribution in [-0.4, -0.2) is 96.7 Å². The molecule has 0 fully saturated rings. The van der Waals surface area contributed by atoms with Crippen LogP contribution >= 0.6 is 15.6 Å². The number of ether oxygens (including phenoxy) is 4. The fraction of sp³-hybridized carbons (Fsp3) is 0.952. The molecular weight excluding hydrogens is 1340 g/mol. The molecule has 0 aliphatic carbocycles. The number of esters is 4. The Morgan fingerprint density at radius 1 is 0.262 bits per heavy atom. The molecule has 0 saturated carbocycles. The topological polar surface area (TPSA) is 237 Å². The van der Waals surface area contributed by atoms with E-state index in [0.717, 1.165) is 108 Å². The van der Waals surface area contributed by atoms with E-state index in [9.17, 15) is 43.2 Å². The lowest BCUT2D eigenvalue weighted by Crippen LogP contribution is -2.30. The number of phosphoric ester groups is 2. The van der Waals surface area contributed by atoms with E-state index in [4.69, 9.17) is 37.0 Å². The van der Waals surface area contributed by atoms with E-state index in [-0.39, 0.29) is 25.7 Å². The van der Waals surface area contributed by atoms with Crippen molar-refractivity contribution < 1.29 is 80.2 Å². The number of aliphatic hydroxyl groups excluding tert-OH is 1. The lowest BCUT2D eigenvalue weighted by Gasteiger charge is -2.21. The van der Waals surface area contributed by atoms with Gasteiger partial charge in [-0.05, 0) is 43.4 Å². The molecule has 2 unspecified atom stereocenters. The summed E-state index contributed by atoms with van der Waals surface area (Å²) >= 11 is 0. The van der Waals surface area contributed by atoms with Gasteiger partial charge in [0.15, 0.2) is 12.2 Å². The minimum absolute atomic E-state index is 0.107. The van der Waals surface area contributed by atoms with Crippen molar-refractivity contribution in [2.45, 2.75) is 458 Å². The fourth-order valence-corrected chi connectivity index (χ4v) is 14.6. The Morgan fingerprint density at radius 3 is 0.660 bits per heavy atom. The van der Waals surface area contributed by atoms with Gasteiger partial charge in [-0.15, -0.1) is 0 Å². The molecule has 103 heavy (non-hydrogen) atoms. The standard InChI is InChI=1S/C84H164O17P2/c1-8-9-10-11-12-13-14-15-16-17-18-19-27-32-37-46-53-60-67-83(88)100-79(71-94-81(86)65-58-51-44-36-31-26-22-20-24-29-34-41-48-55-62-75(2)3)73-98-102(90,91)96-69-78(85)70-97-103(92,93)99-74-80(72-95-82(87)66-59-52-45-40-39-43-50-57-64-77(6)7)101-84(89)68-61-54-47-38-33-28-23-21-25-30-35-42-49-56-63-76(4)5/h75-80,85H,8-74H2,1-7H3,(H,90,91)(H,92,93)/t78-,79-,80-/m1/s1. The number of hydrogen-bond donors (Lipinski definition) is 3. The van der Waals surface area contributed by atoms with Crippen molar-refractivity contribution in [1.82, 2.24) is 0 Å². The van der Waals surface area contributed by atoms with E-state index >= 15 is 0 Å². The van der Waals surface area contributed by atoms with Gasteiger partial charge in [-0.2, -0.15) is 0 Å². The van der Waals surface area contributed by atoms with Crippen molar-refractivity contribution >= 4 is 39.5 Å². The van der Waals surface area contributed by atoms with Gasteiger partial charge in [-0.25, -0.2) is 9.13 Å². The van der Waals surface area contributed by atoms with Gasteiger partial charge >= 0.3 is 39.5 Å². The fourth-order valence-electron chi connectivity index (χ4n) is 13.0. The highest BCUT2D eigenvalue weighted by Crippen LogP contribution is 2.45. The zero-order valence-electron chi connectivity index (χ0n) is 67.8. The maximum Gasteiger partial charge on any atom is 0.472 e. The van der Waals surface area contributed by atoms with Crippen LogP contribution in [0, 0.1) is 17.8 Å². The lowest BCUT2D eigenvalue weighted by atomic mass is 10.0. The summed E-state index contributed by atoms with van der Waals surface area (Å²) in [5.74, 6) is 0.214. The number of unbranched alkanes of at least 4 members (excludes halogenated alkanes) is 50. The summed E-state index contributed by atoms with van der Waals surface area (Å²) in [5.41, 5.74) is 0. The van der Waals surface area contributed by atoms with Crippen LogP contribution < -0.4 is 0 Å². The van der Waals surface area contributed by atoms with Gasteiger partial charge in [0, 0.05) is 25.7 Å². The van der Waals surface area contributed by atoms with Crippen LogP contribution in [0.5, 0.6) is 0 Å². The molecule has 612 valence electrons. The van der Waals surface area contributed by atoms with E-state index in [0.29, 0.717) is 25.7 Å². The molecule has 5 atom stereocenters. The molecule has 0 saturated heterocycles.